The molecule has 2 N–H and O–H groups in total. The first-order valence-corrected chi connectivity index (χ1v) is 7.24. The Morgan fingerprint density at radius 3 is 2.18 bits per heavy atom. The van der Waals surface area contributed by atoms with Crippen LogP contribution in [0.15, 0.2) is 42.5 Å². The Morgan fingerprint density at radius 2 is 1.68 bits per heavy atom. The Morgan fingerprint density at radius 1 is 1.09 bits per heavy atom. The lowest BCUT2D eigenvalue weighted by Gasteiger charge is -2.16. The van der Waals surface area contributed by atoms with Crippen molar-refractivity contribution in [2.24, 2.45) is 5.73 Å². The molecule has 0 bridgehead atoms. The molecule has 2 aromatic carbocycles. The van der Waals surface area contributed by atoms with Gasteiger partial charge in [0.25, 0.3) is 11.8 Å². The van der Waals surface area contributed by atoms with Crippen molar-refractivity contribution in [3.63, 3.8) is 0 Å². The summed E-state index contributed by atoms with van der Waals surface area (Å²) in [7, 11) is 0. The number of hydrogen-bond donors (Lipinski definition) is 1. The molecule has 0 fully saturated rings. The number of carbonyl (C=O) groups excluding carboxylic acids is 2. The Hall–Kier alpha value is -2.53. The number of fused-ring (bicyclic) bond motifs is 1. The number of nitrogens with zero attached hydrogens (tertiary/aromatic N) is 1. The van der Waals surface area contributed by atoms with E-state index in [4.69, 9.17) is 18.0 Å². The largest absolute Gasteiger partial charge is 0.389 e. The predicted molar refractivity (Wildman–Crippen MR) is 87.7 cm³/mol. The van der Waals surface area contributed by atoms with Gasteiger partial charge in [-0.05, 0) is 36.2 Å². The lowest BCUT2D eigenvalue weighted by Crippen LogP contribution is -2.29. The molecule has 4 nitrogen and oxygen atoms in total. The highest BCUT2D eigenvalue weighted by molar-refractivity contribution is 7.80. The summed E-state index contributed by atoms with van der Waals surface area (Å²) >= 11 is 4.95. The number of thiocarbonyl (C=S) groups is 1. The predicted octanol–water partition coefficient (Wildman–Crippen LogP) is 2.43. The molecule has 0 saturated heterocycles. The second kappa shape index (κ2) is 5.35. The zero-order valence-corrected chi connectivity index (χ0v) is 12.8. The maximum atomic E-state index is 12.4. The van der Waals surface area contributed by atoms with Crippen LogP contribution in [0.3, 0.4) is 0 Å². The fourth-order valence-electron chi connectivity index (χ4n) is 2.58. The summed E-state index contributed by atoms with van der Waals surface area (Å²) in [6.45, 7) is 2.16. The van der Waals surface area contributed by atoms with E-state index in [2.05, 4.69) is 0 Å². The first-order valence-electron chi connectivity index (χ1n) is 6.83. The summed E-state index contributed by atoms with van der Waals surface area (Å²) in [5, 5.41) is 0. The average Bonchev–Trinajstić information content (AvgIpc) is 2.74. The van der Waals surface area contributed by atoms with Crippen molar-refractivity contribution >= 4 is 29.0 Å². The van der Waals surface area contributed by atoms with Gasteiger partial charge in [-0.15, -0.1) is 0 Å². The number of nitrogens with two attached hydrogens (primary N) is 1. The molecule has 3 rings (SSSR count). The quantitative estimate of drug-likeness (QED) is 0.698. The van der Waals surface area contributed by atoms with Gasteiger partial charge in [0.2, 0.25) is 0 Å². The molecule has 1 aliphatic heterocycles. The highest BCUT2D eigenvalue weighted by atomic mass is 32.1. The van der Waals surface area contributed by atoms with E-state index in [9.17, 15) is 9.59 Å². The third-order valence-corrected chi connectivity index (χ3v) is 4.07. The van der Waals surface area contributed by atoms with Gasteiger partial charge in [0.1, 0.15) is 4.99 Å². The van der Waals surface area contributed by atoms with Crippen LogP contribution >= 0.6 is 12.2 Å². The fraction of sp³-hybridized carbons (Fsp3) is 0.118. The van der Waals surface area contributed by atoms with Gasteiger partial charge in [-0.2, -0.15) is 0 Å². The maximum Gasteiger partial charge on any atom is 0.261 e. The molecule has 0 unspecified atom stereocenters. The van der Waals surface area contributed by atoms with E-state index in [1.165, 1.54) is 4.90 Å². The number of benzene rings is 2. The van der Waals surface area contributed by atoms with Gasteiger partial charge in [-0.25, -0.2) is 0 Å². The van der Waals surface area contributed by atoms with E-state index in [0.717, 1.165) is 16.7 Å². The van der Waals surface area contributed by atoms with E-state index < -0.39 is 0 Å². The Labute approximate surface area is 133 Å². The molecule has 0 aromatic heterocycles. The lowest BCUT2D eigenvalue weighted by molar-refractivity contribution is 0.0642. The number of hydrogen-bond acceptors (Lipinski definition) is 3. The minimum Gasteiger partial charge on any atom is -0.389 e. The van der Waals surface area contributed by atoms with Crippen LogP contribution in [-0.4, -0.2) is 21.7 Å². The van der Waals surface area contributed by atoms with Gasteiger partial charge in [-0.1, -0.05) is 36.5 Å². The summed E-state index contributed by atoms with van der Waals surface area (Å²) in [5.74, 6) is -0.503. The summed E-state index contributed by atoms with van der Waals surface area (Å²) in [5.41, 5.74) is 9.16. The van der Waals surface area contributed by atoms with Gasteiger partial charge in [-0.3, -0.25) is 14.5 Å². The van der Waals surface area contributed by atoms with Gasteiger partial charge in [0.05, 0.1) is 17.7 Å². The van der Waals surface area contributed by atoms with Crippen LogP contribution in [0.4, 0.5) is 0 Å². The third-order valence-electron chi connectivity index (χ3n) is 3.83. The molecular weight excluding hydrogens is 296 g/mol. The third kappa shape index (κ3) is 2.29. The van der Waals surface area contributed by atoms with Gasteiger partial charge in [0.15, 0.2) is 0 Å². The number of aryl methyl sites for hydroxylation is 1. The van der Waals surface area contributed by atoms with Gasteiger partial charge >= 0.3 is 0 Å². The molecule has 1 aliphatic rings. The van der Waals surface area contributed by atoms with E-state index in [1.54, 1.807) is 24.3 Å². The Kier molecular flexibility index (Phi) is 3.50. The zero-order valence-electron chi connectivity index (χ0n) is 12.0. The smallest absolute Gasteiger partial charge is 0.261 e. The van der Waals surface area contributed by atoms with Gasteiger partial charge in [0, 0.05) is 5.56 Å². The number of imide groups is 1. The number of carbonyl (C=O) groups is 2. The van der Waals surface area contributed by atoms with Crippen molar-refractivity contribution in [2.75, 3.05) is 0 Å². The minimum absolute atomic E-state index is 0.246. The molecule has 0 aliphatic carbocycles. The standard InChI is InChI=1S/C17H14N2O2S/c1-10-8-11(15(18)22)6-7-12(10)9-19-16(20)13-4-2-3-5-14(13)17(19)21/h2-8H,9H2,1H3,(H2,18,22). The molecule has 1 heterocycles. The molecule has 5 heteroatoms. The molecule has 0 atom stereocenters. The topological polar surface area (TPSA) is 63.4 Å². The monoisotopic (exact) mass is 310 g/mol. The van der Waals surface area contributed by atoms with Crippen LogP contribution in [0.5, 0.6) is 0 Å². The van der Waals surface area contributed by atoms with Crippen molar-refractivity contribution in [3.05, 3.63) is 70.3 Å². The Bertz CT molecular complexity index is 779. The Balaban J connectivity index is 1.91. The van der Waals surface area contributed by atoms with Crippen LogP contribution in [-0.2, 0) is 6.54 Å². The molecule has 110 valence electrons. The maximum absolute atomic E-state index is 12.4. The highest BCUT2D eigenvalue weighted by Crippen LogP contribution is 2.25. The molecule has 2 amide bonds. The second-order valence-electron chi connectivity index (χ2n) is 5.25. The first kappa shape index (κ1) is 14.4. The van der Waals surface area contributed by atoms with Crippen LogP contribution < -0.4 is 5.73 Å². The molecule has 0 saturated carbocycles. The molecule has 22 heavy (non-hydrogen) atoms. The normalized spacial score (nSPS) is 13.4. The van der Waals surface area contributed by atoms with Gasteiger partial charge < -0.3 is 5.73 Å². The summed E-state index contributed by atoms with van der Waals surface area (Å²) in [6, 6.07) is 12.4. The number of amides is 2. The van der Waals surface area contributed by atoms with Crippen molar-refractivity contribution in [1.82, 2.24) is 4.90 Å². The van der Waals surface area contributed by atoms with Crippen LogP contribution in [0, 0.1) is 6.92 Å². The van der Waals surface area contributed by atoms with E-state index >= 15 is 0 Å². The van der Waals surface area contributed by atoms with Crippen molar-refractivity contribution in [2.45, 2.75) is 13.5 Å². The highest BCUT2D eigenvalue weighted by Gasteiger charge is 2.35. The average molecular weight is 310 g/mol. The van der Waals surface area contributed by atoms with Crippen molar-refractivity contribution in [1.29, 1.82) is 0 Å². The molecular formula is C17H14N2O2S. The van der Waals surface area contributed by atoms with E-state index in [1.807, 2.05) is 25.1 Å². The van der Waals surface area contributed by atoms with Crippen LogP contribution in [0.25, 0.3) is 0 Å². The van der Waals surface area contributed by atoms with E-state index in [0.29, 0.717) is 16.1 Å². The van der Waals surface area contributed by atoms with Crippen LogP contribution in [0.2, 0.25) is 0 Å². The van der Waals surface area contributed by atoms with Crippen molar-refractivity contribution in [3.8, 4) is 0 Å². The first-order chi connectivity index (χ1) is 10.5. The van der Waals surface area contributed by atoms with Crippen molar-refractivity contribution < 1.29 is 9.59 Å². The minimum atomic E-state index is -0.251. The summed E-state index contributed by atoms with van der Waals surface area (Å²) in [4.78, 5) is 26.3. The molecule has 0 spiro atoms. The fourth-order valence-corrected chi connectivity index (χ4v) is 2.71. The lowest BCUT2D eigenvalue weighted by atomic mass is 10.0. The SMILES string of the molecule is Cc1cc(C(N)=S)ccc1CN1C(=O)c2ccccc2C1=O. The molecule has 0 radical (unpaired) electrons. The zero-order chi connectivity index (χ0) is 15.9. The summed E-state index contributed by atoms with van der Waals surface area (Å²) in [6.07, 6.45) is 0. The number of rotatable bonds is 3. The summed E-state index contributed by atoms with van der Waals surface area (Å²) < 4.78 is 0. The molecule has 2 aromatic rings. The van der Waals surface area contributed by atoms with E-state index in [-0.39, 0.29) is 18.4 Å². The second-order valence-corrected chi connectivity index (χ2v) is 5.69. The van der Waals surface area contributed by atoms with Crippen LogP contribution in [0.1, 0.15) is 37.4 Å².